The molecule has 2 fully saturated rings. The second-order valence-electron chi connectivity index (χ2n) is 9.41. The normalized spacial score (nSPS) is 20.7. The SMILES string of the molecule is CCc1cc(NC(=O)C(=O)N2CCCCC2c2ccc3c(c2)CC2(CC2)C(=O)N3)cnc1N. The molecule has 5 rings (SSSR count). The molecule has 4 N–H and O–H groups in total. The van der Waals surface area contributed by atoms with Gasteiger partial charge < -0.3 is 21.3 Å². The quantitative estimate of drug-likeness (QED) is 0.625. The summed E-state index contributed by atoms with van der Waals surface area (Å²) >= 11 is 0. The molecule has 8 nitrogen and oxygen atoms in total. The topological polar surface area (TPSA) is 117 Å². The van der Waals surface area contributed by atoms with Gasteiger partial charge in [-0.2, -0.15) is 0 Å². The Kier molecular flexibility index (Phi) is 5.31. The second-order valence-corrected chi connectivity index (χ2v) is 9.41. The van der Waals surface area contributed by atoms with E-state index in [1.165, 1.54) is 6.20 Å². The first-order valence-corrected chi connectivity index (χ1v) is 11.7. The van der Waals surface area contributed by atoms with Gasteiger partial charge >= 0.3 is 11.8 Å². The van der Waals surface area contributed by atoms with Gasteiger partial charge in [-0.25, -0.2) is 4.98 Å². The summed E-state index contributed by atoms with van der Waals surface area (Å²) in [5.41, 5.74) is 9.89. The zero-order chi connectivity index (χ0) is 23.2. The van der Waals surface area contributed by atoms with Gasteiger partial charge in [0.2, 0.25) is 5.91 Å². The van der Waals surface area contributed by atoms with Crippen molar-refractivity contribution in [2.24, 2.45) is 5.41 Å². The van der Waals surface area contributed by atoms with Crippen LogP contribution < -0.4 is 16.4 Å². The van der Waals surface area contributed by atoms with Gasteiger partial charge in [-0.3, -0.25) is 14.4 Å². The molecule has 1 saturated heterocycles. The number of nitrogens with one attached hydrogen (secondary N) is 2. The lowest BCUT2D eigenvalue weighted by Crippen LogP contribution is -2.44. The maximum atomic E-state index is 13.2. The summed E-state index contributed by atoms with van der Waals surface area (Å²) in [4.78, 5) is 44.1. The Morgan fingerprint density at radius 3 is 2.85 bits per heavy atom. The van der Waals surface area contributed by atoms with Crippen molar-refractivity contribution in [3.63, 3.8) is 0 Å². The average molecular weight is 448 g/mol. The predicted molar refractivity (Wildman–Crippen MR) is 125 cm³/mol. The number of nitrogen functional groups attached to an aromatic ring is 1. The molecule has 3 heterocycles. The summed E-state index contributed by atoms with van der Waals surface area (Å²) in [6, 6.07) is 7.61. The van der Waals surface area contributed by atoms with Crippen LogP contribution in [0.2, 0.25) is 0 Å². The lowest BCUT2D eigenvalue weighted by atomic mass is 9.87. The van der Waals surface area contributed by atoms with Crippen LogP contribution in [-0.2, 0) is 27.2 Å². The largest absolute Gasteiger partial charge is 0.383 e. The van der Waals surface area contributed by atoms with E-state index in [-0.39, 0.29) is 17.4 Å². The molecule has 0 radical (unpaired) electrons. The Hall–Kier alpha value is -3.42. The molecule has 2 aromatic rings. The van der Waals surface area contributed by atoms with E-state index in [2.05, 4.69) is 21.7 Å². The number of hydrogen-bond donors (Lipinski definition) is 3. The molecule has 33 heavy (non-hydrogen) atoms. The average Bonchev–Trinajstić information content (AvgIpc) is 3.60. The second kappa shape index (κ2) is 8.17. The summed E-state index contributed by atoms with van der Waals surface area (Å²) in [5.74, 6) is -0.663. The van der Waals surface area contributed by atoms with Gasteiger partial charge in [0.05, 0.1) is 23.3 Å². The molecule has 1 saturated carbocycles. The van der Waals surface area contributed by atoms with E-state index in [9.17, 15) is 14.4 Å². The molecule has 3 amide bonds. The molecule has 1 unspecified atom stereocenters. The maximum absolute atomic E-state index is 13.2. The summed E-state index contributed by atoms with van der Waals surface area (Å²) in [7, 11) is 0. The van der Waals surface area contributed by atoms with Crippen molar-refractivity contribution >= 4 is 34.9 Å². The number of benzene rings is 1. The van der Waals surface area contributed by atoms with Crippen molar-refractivity contribution < 1.29 is 14.4 Å². The van der Waals surface area contributed by atoms with E-state index < -0.39 is 11.8 Å². The lowest BCUT2D eigenvalue weighted by molar-refractivity contribution is -0.145. The number of rotatable bonds is 3. The Morgan fingerprint density at radius 1 is 1.27 bits per heavy atom. The zero-order valence-electron chi connectivity index (χ0n) is 18.8. The molecule has 2 aliphatic heterocycles. The van der Waals surface area contributed by atoms with E-state index in [0.29, 0.717) is 24.5 Å². The minimum atomic E-state index is -0.669. The molecule has 1 aliphatic carbocycles. The first-order valence-electron chi connectivity index (χ1n) is 11.7. The molecule has 172 valence electrons. The molecule has 1 aromatic carbocycles. The van der Waals surface area contributed by atoms with E-state index in [0.717, 1.165) is 60.9 Å². The smallest absolute Gasteiger partial charge is 0.313 e. The van der Waals surface area contributed by atoms with Gasteiger partial charge in [-0.1, -0.05) is 19.1 Å². The van der Waals surface area contributed by atoms with Gasteiger partial charge in [-0.05, 0) is 73.8 Å². The Labute approximate surface area is 192 Å². The van der Waals surface area contributed by atoms with Crippen LogP contribution in [0.3, 0.4) is 0 Å². The molecule has 1 atom stereocenters. The number of pyridine rings is 1. The summed E-state index contributed by atoms with van der Waals surface area (Å²) in [6.07, 6.45) is 7.42. The van der Waals surface area contributed by atoms with E-state index in [4.69, 9.17) is 5.73 Å². The highest BCUT2D eigenvalue weighted by Crippen LogP contribution is 2.52. The van der Waals surface area contributed by atoms with Crippen molar-refractivity contribution in [3.8, 4) is 0 Å². The van der Waals surface area contributed by atoms with E-state index >= 15 is 0 Å². The minimum absolute atomic E-state index is 0.122. The van der Waals surface area contributed by atoms with Crippen LogP contribution >= 0.6 is 0 Å². The van der Waals surface area contributed by atoms with Crippen LogP contribution in [0.15, 0.2) is 30.5 Å². The molecular weight excluding hydrogens is 418 g/mol. The number of aromatic nitrogens is 1. The molecule has 0 bridgehead atoms. The third-order valence-corrected chi connectivity index (χ3v) is 7.22. The molecule has 8 heteroatoms. The molecule has 3 aliphatic rings. The molecule has 1 aromatic heterocycles. The number of anilines is 3. The van der Waals surface area contributed by atoms with Crippen LogP contribution in [0.4, 0.5) is 17.2 Å². The fourth-order valence-electron chi connectivity index (χ4n) is 5.05. The number of carbonyl (C=O) groups excluding carboxylic acids is 3. The van der Waals surface area contributed by atoms with Crippen LogP contribution in [0, 0.1) is 5.41 Å². The van der Waals surface area contributed by atoms with Crippen molar-refractivity contribution in [2.75, 3.05) is 22.9 Å². The number of nitrogens with zero attached hydrogens (tertiary/aromatic N) is 2. The Bertz CT molecular complexity index is 1140. The number of carbonyl (C=O) groups is 3. The standard InChI is InChI=1S/C25H29N5O3/c1-2-15-12-18(14-27-21(15)26)28-22(31)23(32)30-10-4-3-5-20(30)16-6-7-19-17(11-16)13-25(8-9-25)24(33)29-19/h6-7,11-12,14,20H,2-5,8-10,13H2,1H3,(H2,26,27)(H,28,31)(H,29,33). The third-order valence-electron chi connectivity index (χ3n) is 7.22. The van der Waals surface area contributed by atoms with Crippen molar-refractivity contribution in [1.29, 1.82) is 0 Å². The van der Waals surface area contributed by atoms with Crippen LogP contribution in [0.5, 0.6) is 0 Å². The summed E-state index contributed by atoms with van der Waals surface area (Å²) in [5, 5.41) is 5.73. The number of likely N-dealkylation sites (tertiary alicyclic amines) is 1. The van der Waals surface area contributed by atoms with Gasteiger partial charge in [-0.15, -0.1) is 0 Å². The number of nitrogens with two attached hydrogens (primary N) is 1. The van der Waals surface area contributed by atoms with Gasteiger partial charge in [0, 0.05) is 12.2 Å². The first-order chi connectivity index (χ1) is 15.9. The predicted octanol–water partition coefficient (Wildman–Crippen LogP) is 3.19. The number of hydrogen-bond acceptors (Lipinski definition) is 5. The Balaban J connectivity index is 1.35. The third kappa shape index (κ3) is 3.94. The van der Waals surface area contributed by atoms with Crippen LogP contribution in [-0.4, -0.2) is 34.2 Å². The van der Waals surface area contributed by atoms with Crippen molar-refractivity contribution in [1.82, 2.24) is 9.88 Å². The van der Waals surface area contributed by atoms with Crippen molar-refractivity contribution in [3.05, 3.63) is 47.2 Å². The minimum Gasteiger partial charge on any atom is -0.383 e. The fraction of sp³-hybridized carbons (Fsp3) is 0.440. The zero-order valence-corrected chi connectivity index (χ0v) is 18.8. The summed E-state index contributed by atoms with van der Waals surface area (Å²) < 4.78 is 0. The first kappa shape index (κ1) is 21.4. The summed E-state index contributed by atoms with van der Waals surface area (Å²) in [6.45, 7) is 2.49. The number of aryl methyl sites for hydroxylation is 1. The molecular formula is C25H29N5O3. The fourth-order valence-corrected chi connectivity index (χ4v) is 5.05. The number of piperidine rings is 1. The highest BCUT2D eigenvalue weighted by Gasteiger charge is 2.52. The van der Waals surface area contributed by atoms with Crippen molar-refractivity contribution in [2.45, 2.75) is 57.9 Å². The maximum Gasteiger partial charge on any atom is 0.313 e. The molecule has 1 spiro atoms. The number of amides is 3. The van der Waals surface area contributed by atoms with Gasteiger partial charge in [0.1, 0.15) is 5.82 Å². The highest BCUT2D eigenvalue weighted by molar-refractivity contribution is 6.39. The highest BCUT2D eigenvalue weighted by atomic mass is 16.2. The van der Waals surface area contributed by atoms with Gasteiger partial charge in [0.15, 0.2) is 0 Å². The number of fused-ring (bicyclic) bond motifs is 1. The Morgan fingerprint density at radius 2 is 2.09 bits per heavy atom. The van der Waals surface area contributed by atoms with Crippen LogP contribution in [0.1, 0.15) is 61.8 Å². The van der Waals surface area contributed by atoms with E-state index in [1.54, 1.807) is 11.0 Å². The lowest BCUT2D eigenvalue weighted by Gasteiger charge is -2.36. The monoisotopic (exact) mass is 447 g/mol. The van der Waals surface area contributed by atoms with Gasteiger partial charge in [0.25, 0.3) is 0 Å². The van der Waals surface area contributed by atoms with E-state index in [1.807, 2.05) is 19.1 Å². The van der Waals surface area contributed by atoms with Crippen LogP contribution in [0.25, 0.3) is 0 Å².